The van der Waals surface area contributed by atoms with E-state index >= 15 is 0 Å². The SMILES string of the molecule is C=C(C)C(=O)OC(CCCCC)OOc1ccc(C(=O)Oc2ccc(C=CC(=O)OC)cc2OC)cc1. The van der Waals surface area contributed by atoms with E-state index in [1.807, 2.05) is 0 Å². The molecule has 0 N–H and O–H groups in total. The minimum atomic E-state index is -0.890. The van der Waals surface area contributed by atoms with Gasteiger partial charge >= 0.3 is 17.9 Å². The van der Waals surface area contributed by atoms with Gasteiger partial charge in [0.1, 0.15) is 0 Å². The lowest BCUT2D eigenvalue weighted by Crippen LogP contribution is -2.23. The van der Waals surface area contributed by atoms with Gasteiger partial charge in [0.15, 0.2) is 17.2 Å². The maximum Gasteiger partial charge on any atom is 0.343 e. The quantitative estimate of drug-likeness (QED) is 0.0622. The molecule has 0 bridgehead atoms. The lowest BCUT2D eigenvalue weighted by Gasteiger charge is -2.17. The highest BCUT2D eigenvalue weighted by Crippen LogP contribution is 2.29. The van der Waals surface area contributed by atoms with Gasteiger partial charge in [-0.25, -0.2) is 14.4 Å². The molecule has 0 aliphatic rings. The van der Waals surface area contributed by atoms with Crippen LogP contribution in [0.1, 0.15) is 55.5 Å². The van der Waals surface area contributed by atoms with Crippen molar-refractivity contribution < 1.29 is 43.1 Å². The van der Waals surface area contributed by atoms with Crippen LogP contribution in [0.15, 0.2) is 60.7 Å². The van der Waals surface area contributed by atoms with Crippen LogP contribution in [0.25, 0.3) is 6.08 Å². The normalized spacial score (nSPS) is 11.5. The number of hydrogen-bond donors (Lipinski definition) is 0. The highest BCUT2D eigenvalue weighted by Gasteiger charge is 2.18. The van der Waals surface area contributed by atoms with Crippen LogP contribution in [0.5, 0.6) is 17.2 Å². The Bertz CT molecular complexity index is 1100. The Morgan fingerprint density at radius 2 is 1.73 bits per heavy atom. The molecule has 9 nitrogen and oxygen atoms in total. The van der Waals surface area contributed by atoms with Gasteiger partial charge in [-0.15, -0.1) is 4.89 Å². The number of ether oxygens (including phenoxy) is 4. The molecule has 1 atom stereocenters. The minimum Gasteiger partial charge on any atom is -0.493 e. The van der Waals surface area contributed by atoms with Gasteiger partial charge in [-0.2, -0.15) is 0 Å². The second-order valence-corrected chi connectivity index (χ2v) is 7.97. The van der Waals surface area contributed by atoms with E-state index in [0.29, 0.717) is 23.5 Å². The van der Waals surface area contributed by atoms with Crippen molar-refractivity contribution in [2.24, 2.45) is 0 Å². The topological polar surface area (TPSA) is 107 Å². The molecule has 0 saturated heterocycles. The van der Waals surface area contributed by atoms with Crippen molar-refractivity contribution >= 4 is 24.0 Å². The van der Waals surface area contributed by atoms with Gasteiger partial charge in [0.2, 0.25) is 6.29 Å². The van der Waals surface area contributed by atoms with Crippen molar-refractivity contribution in [2.45, 2.75) is 45.8 Å². The van der Waals surface area contributed by atoms with Crippen LogP contribution in [0.2, 0.25) is 0 Å². The first kappa shape index (κ1) is 29.1. The summed E-state index contributed by atoms with van der Waals surface area (Å²) in [6.45, 7) is 7.19. The third-order valence-electron chi connectivity index (χ3n) is 4.98. The molecule has 0 saturated carbocycles. The second-order valence-electron chi connectivity index (χ2n) is 7.97. The predicted molar refractivity (Wildman–Crippen MR) is 136 cm³/mol. The number of carbonyl (C=O) groups excluding carboxylic acids is 3. The number of carbonyl (C=O) groups is 3. The van der Waals surface area contributed by atoms with Crippen LogP contribution in [0.4, 0.5) is 0 Å². The van der Waals surface area contributed by atoms with E-state index in [1.54, 1.807) is 31.2 Å². The average Bonchev–Trinajstić information content (AvgIpc) is 2.90. The van der Waals surface area contributed by atoms with E-state index < -0.39 is 24.2 Å². The van der Waals surface area contributed by atoms with Crippen molar-refractivity contribution in [1.82, 2.24) is 0 Å². The van der Waals surface area contributed by atoms with Gasteiger partial charge in [0, 0.05) is 18.1 Å². The molecule has 37 heavy (non-hydrogen) atoms. The fourth-order valence-corrected chi connectivity index (χ4v) is 2.93. The van der Waals surface area contributed by atoms with Crippen molar-refractivity contribution in [3.8, 4) is 17.2 Å². The first-order valence-corrected chi connectivity index (χ1v) is 11.7. The fraction of sp³-hybridized carbons (Fsp3) is 0.321. The molecule has 0 aliphatic carbocycles. The van der Waals surface area contributed by atoms with Crippen LogP contribution in [0, 0.1) is 0 Å². The Hall–Kier alpha value is -4.11. The Morgan fingerprint density at radius 3 is 2.35 bits per heavy atom. The summed E-state index contributed by atoms with van der Waals surface area (Å²) in [6, 6.07) is 10.9. The molecule has 0 aliphatic heterocycles. The van der Waals surface area contributed by atoms with Crippen LogP contribution in [-0.4, -0.2) is 38.4 Å². The van der Waals surface area contributed by atoms with Gasteiger partial charge in [0.25, 0.3) is 0 Å². The summed E-state index contributed by atoms with van der Waals surface area (Å²) < 4.78 is 20.6. The molecule has 0 fully saturated rings. The van der Waals surface area contributed by atoms with Crippen molar-refractivity contribution in [1.29, 1.82) is 0 Å². The number of methoxy groups -OCH3 is 2. The summed E-state index contributed by atoms with van der Waals surface area (Å²) >= 11 is 0. The largest absolute Gasteiger partial charge is 0.493 e. The number of unbranched alkanes of at least 4 members (excludes halogenated alkanes) is 2. The summed E-state index contributed by atoms with van der Waals surface area (Å²) in [5, 5.41) is 0. The summed E-state index contributed by atoms with van der Waals surface area (Å²) in [6.07, 6.45) is 5.15. The molecule has 2 aromatic rings. The lowest BCUT2D eigenvalue weighted by atomic mass is 10.2. The maximum atomic E-state index is 12.6. The first-order valence-electron chi connectivity index (χ1n) is 11.7. The van der Waals surface area contributed by atoms with E-state index in [1.165, 1.54) is 44.6 Å². The molecular weight excluding hydrogens is 480 g/mol. The summed E-state index contributed by atoms with van der Waals surface area (Å²) in [4.78, 5) is 46.4. The molecule has 2 rings (SSSR count). The fourth-order valence-electron chi connectivity index (χ4n) is 2.93. The van der Waals surface area contributed by atoms with Crippen LogP contribution in [0.3, 0.4) is 0 Å². The van der Waals surface area contributed by atoms with Crippen LogP contribution < -0.4 is 14.4 Å². The lowest BCUT2D eigenvalue weighted by molar-refractivity contribution is -0.310. The zero-order chi connectivity index (χ0) is 27.2. The average molecular weight is 513 g/mol. The van der Waals surface area contributed by atoms with E-state index in [4.69, 9.17) is 24.0 Å². The molecule has 0 aromatic heterocycles. The molecule has 0 spiro atoms. The molecule has 198 valence electrons. The van der Waals surface area contributed by atoms with E-state index in [2.05, 4.69) is 18.2 Å². The Labute approximate surface area is 216 Å². The summed E-state index contributed by atoms with van der Waals surface area (Å²) in [5.41, 5.74) is 1.18. The molecule has 9 heteroatoms. The van der Waals surface area contributed by atoms with Gasteiger partial charge < -0.3 is 23.8 Å². The molecular formula is C28H32O9. The molecule has 0 amide bonds. The van der Waals surface area contributed by atoms with Crippen molar-refractivity contribution in [3.05, 3.63) is 71.8 Å². The third kappa shape index (κ3) is 9.81. The second kappa shape index (κ2) is 15.1. The van der Waals surface area contributed by atoms with Gasteiger partial charge in [-0.05, 0) is 61.4 Å². The molecule has 0 heterocycles. The third-order valence-corrected chi connectivity index (χ3v) is 4.98. The Morgan fingerprint density at radius 1 is 1.00 bits per heavy atom. The molecule has 0 radical (unpaired) electrons. The summed E-state index contributed by atoms with van der Waals surface area (Å²) in [7, 11) is 2.73. The monoisotopic (exact) mass is 512 g/mol. The van der Waals surface area contributed by atoms with E-state index in [9.17, 15) is 14.4 Å². The number of hydrogen-bond acceptors (Lipinski definition) is 9. The molecule has 1 unspecified atom stereocenters. The number of benzene rings is 2. The zero-order valence-corrected chi connectivity index (χ0v) is 21.5. The first-order chi connectivity index (χ1) is 17.8. The van der Waals surface area contributed by atoms with Gasteiger partial charge in [-0.1, -0.05) is 32.4 Å². The minimum absolute atomic E-state index is 0.209. The highest BCUT2D eigenvalue weighted by molar-refractivity contribution is 5.91. The predicted octanol–water partition coefficient (Wildman–Crippen LogP) is 5.44. The highest BCUT2D eigenvalue weighted by atomic mass is 17.2. The van der Waals surface area contributed by atoms with Crippen LogP contribution in [-0.2, 0) is 24.0 Å². The van der Waals surface area contributed by atoms with Gasteiger partial charge in [-0.3, -0.25) is 0 Å². The standard InChI is InChI=1S/C28H32O9/c1-6-7-8-9-26(35-27(30)19(2)3)37-36-22-14-12-21(13-15-22)28(31)34-23-16-10-20(18-24(23)32-4)11-17-25(29)33-5/h10-18,26H,2,6-9H2,1,3-5H3. The van der Waals surface area contributed by atoms with Crippen molar-refractivity contribution in [2.75, 3.05) is 14.2 Å². The maximum absolute atomic E-state index is 12.6. The van der Waals surface area contributed by atoms with Crippen LogP contribution >= 0.6 is 0 Å². The van der Waals surface area contributed by atoms with E-state index in [-0.39, 0.29) is 16.9 Å². The van der Waals surface area contributed by atoms with E-state index in [0.717, 1.165) is 19.3 Å². The number of esters is 3. The smallest absolute Gasteiger partial charge is 0.343 e. The zero-order valence-electron chi connectivity index (χ0n) is 21.5. The Kier molecular flexibility index (Phi) is 11.9. The molecule has 2 aromatic carbocycles. The Balaban J connectivity index is 2.01. The van der Waals surface area contributed by atoms with Crippen molar-refractivity contribution in [3.63, 3.8) is 0 Å². The summed E-state index contributed by atoms with van der Waals surface area (Å²) in [5.74, 6) is -0.842. The number of rotatable bonds is 14. The van der Waals surface area contributed by atoms with Gasteiger partial charge in [0.05, 0.1) is 19.8 Å².